The molecule has 1 saturated carbocycles. The Kier molecular flexibility index (Phi) is 4.17. The molecule has 1 fully saturated rings. The van der Waals surface area contributed by atoms with E-state index in [1.165, 1.54) is 12.0 Å². The fourth-order valence-electron chi connectivity index (χ4n) is 2.57. The van der Waals surface area contributed by atoms with Crippen LogP contribution in [0, 0.1) is 11.3 Å². The fraction of sp³-hybridized carbons (Fsp3) is 0.786. The average molecular weight is 224 g/mol. The Bertz CT molecular complexity index is 294. The van der Waals surface area contributed by atoms with Gasteiger partial charge < -0.3 is 5.11 Å². The maximum atomic E-state index is 10.9. The number of carboxylic acid groups (broad SMARTS) is 1. The Morgan fingerprint density at radius 2 is 1.88 bits per heavy atom. The minimum absolute atomic E-state index is 0.354. The molecule has 2 heteroatoms. The molecule has 1 aliphatic rings. The summed E-state index contributed by atoms with van der Waals surface area (Å²) in [6.07, 6.45) is 5.47. The number of hydrogen-bond acceptors (Lipinski definition) is 1. The van der Waals surface area contributed by atoms with Gasteiger partial charge in [0.05, 0.1) is 0 Å². The monoisotopic (exact) mass is 224 g/mol. The van der Waals surface area contributed by atoms with Gasteiger partial charge in [-0.1, -0.05) is 26.3 Å². The molecular formula is C14H24O2. The Morgan fingerprint density at radius 3 is 2.38 bits per heavy atom. The lowest BCUT2D eigenvalue weighted by molar-refractivity contribution is -0.132. The van der Waals surface area contributed by atoms with Crippen LogP contribution in [0.2, 0.25) is 0 Å². The van der Waals surface area contributed by atoms with Gasteiger partial charge in [-0.15, -0.1) is 0 Å². The second-order valence-corrected chi connectivity index (χ2v) is 6.03. The molecule has 2 nitrogen and oxygen atoms in total. The van der Waals surface area contributed by atoms with Gasteiger partial charge in [0.2, 0.25) is 0 Å². The van der Waals surface area contributed by atoms with Crippen molar-refractivity contribution in [2.24, 2.45) is 11.3 Å². The van der Waals surface area contributed by atoms with Crippen LogP contribution in [-0.4, -0.2) is 11.1 Å². The maximum Gasteiger partial charge on any atom is 0.331 e. The van der Waals surface area contributed by atoms with Gasteiger partial charge in [-0.05, 0) is 50.4 Å². The number of aliphatic carboxylic acids is 1. The summed E-state index contributed by atoms with van der Waals surface area (Å²) in [6, 6.07) is 0. The van der Waals surface area contributed by atoms with Crippen LogP contribution in [0.1, 0.15) is 59.8 Å². The third-order valence-electron chi connectivity index (χ3n) is 3.90. The van der Waals surface area contributed by atoms with E-state index < -0.39 is 5.97 Å². The third-order valence-corrected chi connectivity index (χ3v) is 3.90. The molecule has 0 spiro atoms. The van der Waals surface area contributed by atoms with Gasteiger partial charge in [-0.25, -0.2) is 4.79 Å². The van der Waals surface area contributed by atoms with Crippen molar-refractivity contribution in [1.82, 2.24) is 0 Å². The van der Waals surface area contributed by atoms with Crippen molar-refractivity contribution < 1.29 is 9.90 Å². The highest BCUT2D eigenvalue weighted by molar-refractivity contribution is 5.86. The molecule has 0 radical (unpaired) electrons. The number of carbonyl (C=O) groups is 1. The lowest BCUT2D eigenvalue weighted by atomic mass is 9.76. The number of allylic oxidation sites excluding steroid dienone is 1. The van der Waals surface area contributed by atoms with E-state index in [-0.39, 0.29) is 0 Å². The first-order valence-electron chi connectivity index (χ1n) is 6.24. The van der Waals surface area contributed by atoms with Gasteiger partial charge in [-0.3, -0.25) is 0 Å². The lowest BCUT2D eigenvalue weighted by Gasteiger charge is -2.29. The van der Waals surface area contributed by atoms with Crippen LogP contribution < -0.4 is 0 Å². The Balaban J connectivity index is 2.74. The zero-order valence-electron chi connectivity index (χ0n) is 11.0. The van der Waals surface area contributed by atoms with Crippen LogP contribution in [0.15, 0.2) is 11.1 Å². The highest BCUT2D eigenvalue weighted by atomic mass is 16.4. The summed E-state index contributed by atoms with van der Waals surface area (Å²) in [7, 11) is 0. The van der Waals surface area contributed by atoms with Crippen LogP contribution in [-0.2, 0) is 4.79 Å². The second-order valence-electron chi connectivity index (χ2n) is 6.03. The summed E-state index contributed by atoms with van der Waals surface area (Å²) >= 11 is 0. The van der Waals surface area contributed by atoms with Gasteiger partial charge in [-0.2, -0.15) is 0 Å². The molecule has 0 saturated heterocycles. The molecule has 0 amide bonds. The van der Waals surface area contributed by atoms with Gasteiger partial charge in [0, 0.05) is 5.57 Å². The first-order valence-corrected chi connectivity index (χ1v) is 6.24. The average Bonchev–Trinajstić information content (AvgIpc) is 2.40. The highest BCUT2D eigenvalue weighted by Crippen LogP contribution is 2.38. The molecular weight excluding hydrogens is 200 g/mol. The molecule has 0 aromatic heterocycles. The minimum Gasteiger partial charge on any atom is -0.478 e. The number of rotatable bonds is 1. The predicted molar refractivity (Wildman–Crippen MR) is 66.4 cm³/mol. The summed E-state index contributed by atoms with van der Waals surface area (Å²) in [5, 5.41) is 8.99. The van der Waals surface area contributed by atoms with Crippen LogP contribution in [0.25, 0.3) is 0 Å². The van der Waals surface area contributed by atoms with Crippen LogP contribution in [0.5, 0.6) is 0 Å². The van der Waals surface area contributed by atoms with E-state index in [9.17, 15) is 4.79 Å². The number of hydrogen-bond donors (Lipinski definition) is 1. The molecule has 1 aliphatic carbocycles. The van der Waals surface area contributed by atoms with Crippen molar-refractivity contribution in [3.63, 3.8) is 0 Å². The summed E-state index contributed by atoms with van der Waals surface area (Å²) in [5.74, 6) is -0.0178. The molecule has 92 valence electrons. The quantitative estimate of drug-likeness (QED) is 0.539. The van der Waals surface area contributed by atoms with Crippen molar-refractivity contribution in [2.75, 3.05) is 0 Å². The van der Waals surface area contributed by atoms with E-state index in [1.807, 2.05) is 0 Å². The first kappa shape index (κ1) is 13.3. The molecule has 1 unspecified atom stereocenters. The number of carboxylic acids is 1. The molecule has 1 atom stereocenters. The summed E-state index contributed by atoms with van der Waals surface area (Å²) in [5.41, 5.74) is 2.10. The van der Waals surface area contributed by atoms with E-state index in [0.29, 0.717) is 11.0 Å². The zero-order valence-corrected chi connectivity index (χ0v) is 11.0. The van der Waals surface area contributed by atoms with Gasteiger partial charge in [0.15, 0.2) is 0 Å². The third kappa shape index (κ3) is 3.36. The second kappa shape index (κ2) is 5.03. The summed E-state index contributed by atoms with van der Waals surface area (Å²) in [6.45, 7) is 8.61. The fourth-order valence-corrected chi connectivity index (χ4v) is 2.57. The van der Waals surface area contributed by atoms with E-state index in [1.54, 1.807) is 6.92 Å². The van der Waals surface area contributed by atoms with E-state index in [2.05, 4.69) is 20.8 Å². The summed E-state index contributed by atoms with van der Waals surface area (Å²) in [4.78, 5) is 10.9. The topological polar surface area (TPSA) is 37.3 Å². The molecule has 0 aromatic rings. The van der Waals surface area contributed by atoms with E-state index in [4.69, 9.17) is 5.11 Å². The summed E-state index contributed by atoms with van der Waals surface area (Å²) < 4.78 is 0. The molecule has 1 rings (SSSR count). The molecule has 16 heavy (non-hydrogen) atoms. The normalized spacial score (nSPS) is 26.1. The SMILES string of the molecule is CC(C(=O)O)=C1CCCC(C(C)(C)C)CC1. The lowest BCUT2D eigenvalue weighted by Crippen LogP contribution is -2.19. The molecule has 0 aromatic carbocycles. The first-order chi connectivity index (χ1) is 7.32. The molecule has 0 heterocycles. The van der Waals surface area contributed by atoms with Gasteiger partial charge in [0.1, 0.15) is 0 Å². The molecule has 0 aliphatic heterocycles. The van der Waals surface area contributed by atoms with E-state index in [0.717, 1.165) is 31.6 Å². The molecule has 1 N–H and O–H groups in total. The van der Waals surface area contributed by atoms with Gasteiger partial charge in [0.25, 0.3) is 0 Å². The largest absolute Gasteiger partial charge is 0.478 e. The smallest absolute Gasteiger partial charge is 0.331 e. The van der Waals surface area contributed by atoms with Crippen molar-refractivity contribution in [2.45, 2.75) is 59.8 Å². The van der Waals surface area contributed by atoms with Crippen LogP contribution in [0.3, 0.4) is 0 Å². The predicted octanol–water partition coefficient (Wildman–Crippen LogP) is 4.01. The van der Waals surface area contributed by atoms with Crippen molar-refractivity contribution >= 4 is 5.97 Å². The molecule has 0 bridgehead atoms. The van der Waals surface area contributed by atoms with E-state index >= 15 is 0 Å². The zero-order chi connectivity index (χ0) is 12.3. The Labute approximate surface area is 98.7 Å². The van der Waals surface area contributed by atoms with Gasteiger partial charge >= 0.3 is 5.97 Å². The minimum atomic E-state index is -0.746. The van der Waals surface area contributed by atoms with Crippen molar-refractivity contribution in [1.29, 1.82) is 0 Å². The highest BCUT2D eigenvalue weighted by Gasteiger charge is 2.26. The standard InChI is InChI=1S/C14H24O2/c1-10(13(15)16)11-6-5-7-12(9-8-11)14(2,3)4/h12H,5-9H2,1-4H3,(H,15,16). The van der Waals surface area contributed by atoms with Crippen molar-refractivity contribution in [3.8, 4) is 0 Å². The Hall–Kier alpha value is -0.790. The van der Waals surface area contributed by atoms with Crippen LogP contribution in [0.4, 0.5) is 0 Å². The Morgan fingerprint density at radius 1 is 1.25 bits per heavy atom. The maximum absolute atomic E-state index is 10.9. The van der Waals surface area contributed by atoms with Crippen molar-refractivity contribution in [3.05, 3.63) is 11.1 Å². The van der Waals surface area contributed by atoms with Crippen LogP contribution >= 0.6 is 0 Å².